The maximum atomic E-state index is 7.60. The lowest BCUT2D eigenvalue weighted by Crippen LogP contribution is -2.00. The van der Waals surface area contributed by atoms with E-state index in [2.05, 4.69) is 0 Å². The van der Waals surface area contributed by atoms with Crippen LogP contribution in [0.25, 0.3) is 0 Å². The van der Waals surface area contributed by atoms with Crippen LogP contribution in [-0.2, 0) is 4.74 Å². The number of nitrogens with one attached hydrogen (secondary N) is 1. The first-order valence-electron chi connectivity index (χ1n) is 4.21. The van der Waals surface area contributed by atoms with Crippen LogP contribution in [0.3, 0.4) is 0 Å². The molecule has 0 bridgehead atoms. The average Bonchev–Trinajstić information content (AvgIpc) is 2.55. The predicted octanol–water partition coefficient (Wildman–Crippen LogP) is 3.40. The molecule has 1 heterocycles. The standard InChI is InChI=1S/C10H13NOS/c1-3-5-8(2)12-10(11)9-6-4-7-13-9/h4-7,11H,3H2,1-2H3/b8-5+,11-10?. The summed E-state index contributed by atoms with van der Waals surface area (Å²) in [4.78, 5) is 0.865. The van der Waals surface area contributed by atoms with E-state index < -0.39 is 0 Å². The SMILES string of the molecule is CC/C=C(\C)OC(=N)c1cccs1. The largest absolute Gasteiger partial charge is 0.443 e. The number of allylic oxidation sites excluding steroid dienone is 2. The predicted molar refractivity (Wildman–Crippen MR) is 56.3 cm³/mol. The van der Waals surface area contributed by atoms with Crippen LogP contribution in [0.15, 0.2) is 29.3 Å². The first kappa shape index (κ1) is 9.99. The Morgan fingerprint density at radius 1 is 1.69 bits per heavy atom. The van der Waals surface area contributed by atoms with Gasteiger partial charge in [0.2, 0.25) is 5.90 Å². The first-order chi connectivity index (χ1) is 6.24. The highest BCUT2D eigenvalue weighted by atomic mass is 32.1. The molecule has 1 N–H and O–H groups in total. The number of hydrogen-bond donors (Lipinski definition) is 1. The summed E-state index contributed by atoms with van der Waals surface area (Å²) in [6.07, 6.45) is 2.89. The molecule has 0 atom stereocenters. The topological polar surface area (TPSA) is 33.1 Å². The fourth-order valence-electron chi connectivity index (χ4n) is 0.948. The summed E-state index contributed by atoms with van der Waals surface area (Å²) in [5.41, 5.74) is 0. The highest BCUT2D eigenvalue weighted by molar-refractivity contribution is 7.12. The number of hydrogen-bond acceptors (Lipinski definition) is 3. The maximum absolute atomic E-state index is 7.60. The Kier molecular flexibility index (Phi) is 3.71. The molecule has 0 amide bonds. The molecule has 1 aromatic rings. The molecular formula is C10H13NOS. The third-order valence-corrected chi connectivity index (χ3v) is 2.37. The molecule has 0 aromatic carbocycles. The molecule has 0 fully saturated rings. The Labute approximate surface area is 82.4 Å². The molecular weight excluding hydrogens is 182 g/mol. The van der Waals surface area contributed by atoms with Gasteiger partial charge in [-0.15, -0.1) is 11.3 Å². The normalized spacial score (nSPS) is 11.4. The van der Waals surface area contributed by atoms with E-state index in [1.807, 2.05) is 37.4 Å². The molecule has 0 aliphatic rings. The van der Waals surface area contributed by atoms with Crippen LogP contribution in [0.5, 0.6) is 0 Å². The van der Waals surface area contributed by atoms with E-state index in [0.29, 0.717) is 0 Å². The van der Waals surface area contributed by atoms with Gasteiger partial charge in [0.25, 0.3) is 0 Å². The van der Waals surface area contributed by atoms with E-state index in [9.17, 15) is 0 Å². The maximum Gasteiger partial charge on any atom is 0.228 e. The van der Waals surface area contributed by atoms with Crippen molar-refractivity contribution >= 4 is 17.2 Å². The van der Waals surface area contributed by atoms with E-state index >= 15 is 0 Å². The summed E-state index contributed by atoms with van der Waals surface area (Å²) in [7, 11) is 0. The average molecular weight is 195 g/mol. The van der Waals surface area contributed by atoms with Crippen molar-refractivity contribution in [1.29, 1.82) is 5.41 Å². The van der Waals surface area contributed by atoms with Crippen molar-refractivity contribution in [2.45, 2.75) is 20.3 Å². The summed E-state index contributed by atoms with van der Waals surface area (Å²) in [6.45, 7) is 3.91. The van der Waals surface area contributed by atoms with Gasteiger partial charge in [-0.2, -0.15) is 0 Å². The molecule has 1 aromatic heterocycles. The minimum atomic E-state index is 0.234. The van der Waals surface area contributed by atoms with Crippen molar-refractivity contribution in [3.8, 4) is 0 Å². The second-order valence-corrected chi connectivity index (χ2v) is 3.58. The second-order valence-electron chi connectivity index (χ2n) is 2.63. The molecule has 2 nitrogen and oxygen atoms in total. The summed E-state index contributed by atoms with van der Waals surface area (Å²) in [6, 6.07) is 3.79. The lowest BCUT2D eigenvalue weighted by Gasteiger charge is -2.04. The van der Waals surface area contributed by atoms with Crippen molar-refractivity contribution in [2.24, 2.45) is 0 Å². The zero-order chi connectivity index (χ0) is 9.68. The lowest BCUT2D eigenvalue weighted by molar-refractivity contribution is 0.413. The molecule has 0 radical (unpaired) electrons. The van der Waals surface area contributed by atoms with Crippen molar-refractivity contribution in [3.05, 3.63) is 34.2 Å². The molecule has 1 rings (SSSR count). The Bertz CT molecular complexity index is 301. The van der Waals surface area contributed by atoms with E-state index in [1.54, 1.807) is 0 Å². The molecule has 13 heavy (non-hydrogen) atoms. The van der Waals surface area contributed by atoms with Crippen LogP contribution in [0, 0.1) is 5.41 Å². The van der Waals surface area contributed by atoms with Crippen molar-refractivity contribution in [3.63, 3.8) is 0 Å². The van der Waals surface area contributed by atoms with E-state index in [1.165, 1.54) is 11.3 Å². The van der Waals surface area contributed by atoms with Gasteiger partial charge in [0.05, 0.1) is 10.6 Å². The van der Waals surface area contributed by atoms with Gasteiger partial charge >= 0.3 is 0 Å². The molecule has 3 heteroatoms. The minimum absolute atomic E-state index is 0.234. The van der Waals surface area contributed by atoms with Crippen LogP contribution < -0.4 is 0 Å². The van der Waals surface area contributed by atoms with Crippen LogP contribution in [-0.4, -0.2) is 5.90 Å². The summed E-state index contributed by atoms with van der Waals surface area (Å²) < 4.78 is 5.29. The third kappa shape index (κ3) is 3.03. The lowest BCUT2D eigenvalue weighted by atomic mass is 10.4. The van der Waals surface area contributed by atoms with Crippen LogP contribution in [0.4, 0.5) is 0 Å². The number of ether oxygens (including phenoxy) is 1. The van der Waals surface area contributed by atoms with Crippen LogP contribution in [0.1, 0.15) is 25.1 Å². The summed E-state index contributed by atoms with van der Waals surface area (Å²) in [5, 5.41) is 9.54. The highest BCUT2D eigenvalue weighted by Gasteiger charge is 2.03. The van der Waals surface area contributed by atoms with E-state index in [-0.39, 0.29) is 5.90 Å². The third-order valence-electron chi connectivity index (χ3n) is 1.50. The zero-order valence-electron chi connectivity index (χ0n) is 7.83. The zero-order valence-corrected chi connectivity index (χ0v) is 8.65. The molecule has 0 saturated heterocycles. The Morgan fingerprint density at radius 3 is 3.00 bits per heavy atom. The van der Waals surface area contributed by atoms with Crippen molar-refractivity contribution < 1.29 is 4.74 Å². The van der Waals surface area contributed by atoms with Crippen molar-refractivity contribution in [2.75, 3.05) is 0 Å². The number of rotatable bonds is 3. The Hall–Kier alpha value is -1.09. The van der Waals surface area contributed by atoms with E-state index in [0.717, 1.165) is 17.1 Å². The van der Waals surface area contributed by atoms with Gasteiger partial charge in [-0.3, -0.25) is 5.41 Å². The second kappa shape index (κ2) is 4.82. The fourth-order valence-corrected chi connectivity index (χ4v) is 1.56. The molecule has 70 valence electrons. The van der Waals surface area contributed by atoms with Gasteiger partial charge in [-0.1, -0.05) is 13.0 Å². The van der Waals surface area contributed by atoms with Gasteiger partial charge in [-0.05, 0) is 30.9 Å². The smallest absolute Gasteiger partial charge is 0.228 e. The summed E-state index contributed by atoms with van der Waals surface area (Å²) >= 11 is 1.51. The van der Waals surface area contributed by atoms with Gasteiger partial charge in [0, 0.05) is 0 Å². The van der Waals surface area contributed by atoms with Crippen LogP contribution >= 0.6 is 11.3 Å². The van der Waals surface area contributed by atoms with Gasteiger partial charge in [0.1, 0.15) is 0 Å². The van der Waals surface area contributed by atoms with E-state index in [4.69, 9.17) is 10.1 Å². The Balaban J connectivity index is 2.56. The molecule has 0 aliphatic carbocycles. The number of thiophene rings is 1. The summed E-state index contributed by atoms with van der Waals surface area (Å²) in [5.74, 6) is 1.03. The molecule has 0 spiro atoms. The van der Waals surface area contributed by atoms with Crippen LogP contribution in [0.2, 0.25) is 0 Å². The molecule has 0 aliphatic heterocycles. The first-order valence-corrected chi connectivity index (χ1v) is 5.09. The minimum Gasteiger partial charge on any atom is -0.443 e. The van der Waals surface area contributed by atoms with Crippen molar-refractivity contribution in [1.82, 2.24) is 0 Å². The van der Waals surface area contributed by atoms with Gasteiger partial charge in [0.15, 0.2) is 0 Å². The fraction of sp³-hybridized carbons (Fsp3) is 0.300. The molecule has 0 saturated carbocycles. The van der Waals surface area contributed by atoms with Gasteiger partial charge in [-0.25, -0.2) is 0 Å². The Morgan fingerprint density at radius 2 is 2.46 bits per heavy atom. The quantitative estimate of drug-likeness (QED) is 0.447. The van der Waals surface area contributed by atoms with Gasteiger partial charge < -0.3 is 4.74 Å². The monoisotopic (exact) mass is 195 g/mol. The highest BCUT2D eigenvalue weighted by Crippen LogP contribution is 2.12. The molecule has 0 unspecified atom stereocenters.